The monoisotopic (exact) mass is 712 g/mol. The van der Waals surface area contributed by atoms with Crippen LogP contribution >= 0.6 is 0 Å². The molecule has 2 spiro atoms. The third-order valence-electron chi connectivity index (χ3n) is 18.4. The summed E-state index contributed by atoms with van der Waals surface area (Å²) in [4.78, 5) is 2.73. The Morgan fingerprint density at radius 1 is 0.863 bits per heavy atom. The maximum atomic E-state index is 11.0. The highest BCUT2D eigenvalue weighted by molar-refractivity contribution is 5.32. The summed E-state index contributed by atoms with van der Waals surface area (Å²) in [6.45, 7) is 22.3. The van der Waals surface area contributed by atoms with Gasteiger partial charge in [-0.2, -0.15) is 0 Å². The van der Waals surface area contributed by atoms with Gasteiger partial charge in [-0.05, 0) is 155 Å². The minimum absolute atomic E-state index is 0.00764. The van der Waals surface area contributed by atoms with Crippen molar-refractivity contribution < 1.29 is 24.1 Å². The molecule has 292 valence electrons. The van der Waals surface area contributed by atoms with Crippen LogP contribution in [0.25, 0.3) is 0 Å². The first-order valence-corrected chi connectivity index (χ1v) is 22.3. The lowest BCUT2D eigenvalue weighted by Gasteiger charge is -2.60. The second kappa shape index (κ2) is 13.7. The number of ether oxygens (including phenoxy) is 4. The van der Waals surface area contributed by atoms with Gasteiger partial charge in [-0.3, -0.25) is 4.90 Å². The molecule has 6 aliphatic carbocycles. The molecular weight excluding hydrogens is 634 g/mol. The van der Waals surface area contributed by atoms with Crippen molar-refractivity contribution in [3.05, 3.63) is 0 Å². The fourth-order valence-corrected chi connectivity index (χ4v) is 16.0. The quantitative estimate of drug-likeness (QED) is 0.271. The van der Waals surface area contributed by atoms with Crippen molar-refractivity contribution in [3.63, 3.8) is 0 Å². The van der Waals surface area contributed by atoms with Gasteiger partial charge in [0.25, 0.3) is 0 Å². The minimum Gasteiger partial charge on any atom is -0.388 e. The highest BCUT2D eigenvalue weighted by Gasteiger charge is 2.84. The van der Waals surface area contributed by atoms with E-state index >= 15 is 0 Å². The predicted octanol–water partition coefficient (Wildman–Crippen LogP) is 9.41. The second-order valence-corrected chi connectivity index (χ2v) is 20.9. The van der Waals surface area contributed by atoms with Crippen LogP contribution in [0.4, 0.5) is 0 Å². The lowest BCUT2D eigenvalue weighted by molar-refractivity contribution is -0.248. The van der Waals surface area contributed by atoms with Gasteiger partial charge in [-0.15, -0.1) is 0 Å². The third kappa shape index (κ3) is 5.89. The Hall–Kier alpha value is -0.240. The average molecular weight is 712 g/mol. The largest absolute Gasteiger partial charge is 0.388 e. The van der Waals surface area contributed by atoms with E-state index in [0.717, 1.165) is 55.7 Å². The van der Waals surface area contributed by atoms with Gasteiger partial charge in [-0.25, -0.2) is 0 Å². The molecule has 0 radical (unpaired) electrons. The van der Waals surface area contributed by atoms with Crippen LogP contribution in [0.2, 0.25) is 0 Å². The number of hydrogen-bond donors (Lipinski definition) is 1. The van der Waals surface area contributed by atoms with Crippen molar-refractivity contribution in [3.8, 4) is 0 Å². The summed E-state index contributed by atoms with van der Waals surface area (Å²) in [5, 5.41) is 11.0. The van der Waals surface area contributed by atoms with E-state index in [0.29, 0.717) is 40.9 Å². The summed E-state index contributed by atoms with van der Waals surface area (Å²) in [5.74, 6) is 4.60. The number of aliphatic hydroxyl groups is 1. The van der Waals surface area contributed by atoms with Crippen LogP contribution in [-0.2, 0) is 18.9 Å². The molecule has 1 N–H and O–H groups in total. The fraction of sp³-hybridized carbons (Fsp3) is 1.00. The zero-order valence-corrected chi connectivity index (χ0v) is 34.1. The Morgan fingerprint density at radius 2 is 1.59 bits per heavy atom. The summed E-state index contributed by atoms with van der Waals surface area (Å²) in [7, 11) is 0. The predicted molar refractivity (Wildman–Crippen MR) is 203 cm³/mol. The maximum Gasteiger partial charge on any atom is 0.170 e. The molecular formula is C45H77NO5. The van der Waals surface area contributed by atoms with Crippen molar-refractivity contribution >= 4 is 0 Å². The molecule has 8 rings (SSSR count). The Labute approximate surface area is 312 Å². The van der Waals surface area contributed by atoms with Gasteiger partial charge in [0.1, 0.15) is 6.10 Å². The zero-order valence-electron chi connectivity index (χ0n) is 34.1. The molecule has 0 aromatic rings. The van der Waals surface area contributed by atoms with Crippen molar-refractivity contribution in [1.29, 1.82) is 0 Å². The van der Waals surface area contributed by atoms with Gasteiger partial charge in [0.05, 0.1) is 30.5 Å². The molecule has 51 heavy (non-hydrogen) atoms. The molecule has 8 fully saturated rings. The van der Waals surface area contributed by atoms with E-state index in [1.165, 1.54) is 96.3 Å². The summed E-state index contributed by atoms with van der Waals surface area (Å²) in [5.41, 5.74) is 0.617. The van der Waals surface area contributed by atoms with E-state index in [9.17, 15) is 5.11 Å². The molecule has 6 heteroatoms. The van der Waals surface area contributed by atoms with Crippen LogP contribution in [0.3, 0.4) is 0 Å². The number of rotatable bonds is 8. The molecule has 0 aromatic carbocycles. The van der Waals surface area contributed by atoms with Gasteiger partial charge in [0, 0.05) is 25.7 Å². The van der Waals surface area contributed by atoms with Crippen molar-refractivity contribution in [2.45, 2.75) is 200 Å². The third-order valence-corrected chi connectivity index (χ3v) is 18.4. The van der Waals surface area contributed by atoms with Crippen molar-refractivity contribution in [1.82, 2.24) is 4.90 Å². The van der Waals surface area contributed by atoms with E-state index in [1.807, 2.05) is 20.8 Å². The number of nitrogens with zero attached hydrogens (tertiary/aromatic N) is 1. The van der Waals surface area contributed by atoms with Crippen LogP contribution in [0.15, 0.2) is 0 Å². The molecule has 0 aromatic heterocycles. The van der Waals surface area contributed by atoms with Gasteiger partial charge in [0.15, 0.2) is 6.29 Å². The molecule has 0 amide bonds. The van der Waals surface area contributed by atoms with E-state index in [1.54, 1.807) is 0 Å². The van der Waals surface area contributed by atoms with E-state index in [4.69, 9.17) is 18.9 Å². The number of morpholine rings is 1. The number of hydrogen-bond acceptors (Lipinski definition) is 6. The molecule has 8 aliphatic rings. The topological polar surface area (TPSA) is 60.4 Å². The normalized spacial score (nSPS) is 48.5. The second-order valence-electron chi connectivity index (χ2n) is 20.9. The Kier molecular flexibility index (Phi) is 10.2. The minimum atomic E-state index is -0.898. The Balaban J connectivity index is 0.946. The van der Waals surface area contributed by atoms with Crippen LogP contribution in [0.5, 0.6) is 0 Å². The summed E-state index contributed by atoms with van der Waals surface area (Å²) in [6, 6.07) is 0.628. The summed E-state index contributed by atoms with van der Waals surface area (Å²) < 4.78 is 26.8. The molecule has 0 bridgehead atoms. The van der Waals surface area contributed by atoms with Crippen LogP contribution in [0, 0.1) is 57.2 Å². The smallest absolute Gasteiger partial charge is 0.170 e. The molecule has 6 unspecified atom stereocenters. The van der Waals surface area contributed by atoms with E-state index < -0.39 is 5.60 Å². The summed E-state index contributed by atoms with van der Waals surface area (Å²) in [6.07, 6.45) is 21.6. The molecule has 2 saturated heterocycles. The van der Waals surface area contributed by atoms with Crippen molar-refractivity contribution in [2.24, 2.45) is 57.2 Å². The highest BCUT2D eigenvalue weighted by Crippen LogP contribution is 2.89. The van der Waals surface area contributed by atoms with Gasteiger partial charge >= 0.3 is 0 Å². The van der Waals surface area contributed by atoms with Gasteiger partial charge in [0.2, 0.25) is 0 Å². The average Bonchev–Trinajstić information content (AvgIpc) is 3.45. The fourth-order valence-electron chi connectivity index (χ4n) is 16.0. The lowest BCUT2D eigenvalue weighted by atomic mass is 9.46. The zero-order chi connectivity index (χ0) is 36.0. The number of fused-ring (bicyclic) bond motifs is 4. The maximum absolute atomic E-state index is 11.0. The Bertz CT molecular complexity index is 1230. The SMILES string of the molecule is CCO[C@@H](C1CC[C@H]2C(CC3C4CC[C@H]5C(C)(C)[C@@H](OC6CN([C@@H](C)C7CCCCCCC7)CCO6)CCC56[C@@H](C)[C@@]46CC[C@@]32C)O1)C(C)(C)O. The first-order valence-electron chi connectivity index (χ1n) is 22.3. The first-order chi connectivity index (χ1) is 24.3. The van der Waals surface area contributed by atoms with Gasteiger partial charge in [-0.1, -0.05) is 59.8 Å². The molecule has 6 saturated carbocycles. The van der Waals surface area contributed by atoms with E-state index in [-0.39, 0.29) is 30.0 Å². The van der Waals surface area contributed by atoms with Crippen LogP contribution in [0.1, 0.15) is 158 Å². The highest BCUT2D eigenvalue weighted by atomic mass is 16.7. The van der Waals surface area contributed by atoms with Crippen molar-refractivity contribution in [2.75, 3.05) is 26.3 Å². The standard InChI is InChI=1S/C45H77NO5/c1-9-48-40(42(6,7)47)35-19-17-33-36(50-35)27-34-32-18-20-37-41(4,5)38(21-22-45(37)30(3)44(32,45)24-23-43(33,34)8)51-39-28-46(25-26-49-39)29(2)31-15-13-11-10-12-14-16-31/h29-40,47H,9-28H2,1-8H3/t29-,30-,32?,33-,34?,35?,36?,37-,38-,39?,40-,43+,44-,45?/m0/s1. The molecule has 14 atom stereocenters. The molecule has 6 nitrogen and oxygen atoms in total. The van der Waals surface area contributed by atoms with E-state index in [2.05, 4.69) is 39.5 Å². The first kappa shape index (κ1) is 37.7. The van der Waals surface area contributed by atoms with Crippen LogP contribution < -0.4 is 0 Å². The molecule has 2 aliphatic heterocycles. The van der Waals surface area contributed by atoms with Crippen LogP contribution in [-0.4, -0.2) is 78.7 Å². The summed E-state index contributed by atoms with van der Waals surface area (Å²) >= 11 is 0. The Morgan fingerprint density at radius 3 is 2.31 bits per heavy atom. The molecule has 2 heterocycles. The lowest BCUT2D eigenvalue weighted by Crippen LogP contribution is -2.57. The van der Waals surface area contributed by atoms with Gasteiger partial charge < -0.3 is 24.1 Å².